The molecule has 3 aromatic rings. The lowest BCUT2D eigenvalue weighted by atomic mass is 9.98. The van der Waals surface area contributed by atoms with Gasteiger partial charge in [-0.1, -0.05) is 18.2 Å². The van der Waals surface area contributed by atoms with Crippen molar-refractivity contribution in [2.75, 3.05) is 7.11 Å². The van der Waals surface area contributed by atoms with E-state index in [-0.39, 0.29) is 33.5 Å². The number of aromatic nitrogens is 1. The highest BCUT2D eigenvalue weighted by atomic mass is 19.1. The third-order valence-corrected chi connectivity index (χ3v) is 4.02. The molecule has 27 heavy (non-hydrogen) atoms. The van der Waals surface area contributed by atoms with Gasteiger partial charge in [-0.2, -0.15) is 10.5 Å². The normalized spacial score (nSPS) is 10.4. The van der Waals surface area contributed by atoms with Crippen LogP contribution in [-0.2, 0) is 0 Å². The van der Waals surface area contributed by atoms with E-state index in [1.807, 2.05) is 0 Å². The third-order valence-electron chi connectivity index (χ3n) is 4.02. The highest BCUT2D eigenvalue weighted by molar-refractivity contribution is 6.04. The number of methoxy groups -OCH3 is 1. The molecule has 0 radical (unpaired) electrons. The van der Waals surface area contributed by atoms with Crippen molar-refractivity contribution in [3.05, 3.63) is 59.7 Å². The van der Waals surface area contributed by atoms with Gasteiger partial charge in [-0.3, -0.25) is 4.79 Å². The largest absolute Gasteiger partial charge is 0.493 e. The molecule has 2 aromatic carbocycles. The lowest BCUT2D eigenvalue weighted by Gasteiger charge is -2.12. The summed E-state index contributed by atoms with van der Waals surface area (Å²) < 4.78 is 34.1. The number of pyridine rings is 1. The molecule has 1 heterocycles. The maximum absolute atomic E-state index is 14.9. The Labute approximate surface area is 153 Å². The Hall–Kier alpha value is -3.84. The number of ketones is 1. The average molecular weight is 363 g/mol. The van der Waals surface area contributed by atoms with Gasteiger partial charge < -0.3 is 4.74 Å². The maximum atomic E-state index is 14.9. The summed E-state index contributed by atoms with van der Waals surface area (Å²) in [5.74, 6) is -3.79. The Morgan fingerprint density at radius 2 is 1.85 bits per heavy atom. The van der Waals surface area contributed by atoms with Crippen LogP contribution >= 0.6 is 0 Å². The Morgan fingerprint density at radius 3 is 2.48 bits per heavy atom. The van der Waals surface area contributed by atoms with E-state index in [0.29, 0.717) is 0 Å². The molecule has 7 heteroatoms. The molecule has 0 aliphatic heterocycles. The van der Waals surface area contributed by atoms with E-state index < -0.39 is 23.3 Å². The van der Waals surface area contributed by atoms with Crippen LogP contribution in [0.15, 0.2) is 42.5 Å². The van der Waals surface area contributed by atoms with Crippen molar-refractivity contribution < 1.29 is 18.3 Å². The second-order valence-electron chi connectivity index (χ2n) is 5.57. The zero-order valence-corrected chi connectivity index (χ0v) is 14.0. The number of hydrogen-bond acceptors (Lipinski definition) is 5. The molecular weight excluding hydrogens is 352 g/mol. The molecule has 0 spiro atoms. The van der Waals surface area contributed by atoms with Crippen LogP contribution in [0.1, 0.15) is 10.4 Å². The van der Waals surface area contributed by atoms with Crippen molar-refractivity contribution in [1.29, 1.82) is 10.5 Å². The first-order valence-corrected chi connectivity index (χ1v) is 7.77. The first-order valence-electron chi connectivity index (χ1n) is 7.77. The molecule has 0 saturated carbocycles. The van der Waals surface area contributed by atoms with E-state index in [1.54, 1.807) is 18.2 Å². The number of nitriles is 2. The van der Waals surface area contributed by atoms with E-state index in [9.17, 15) is 13.6 Å². The smallest absolute Gasteiger partial charge is 0.195 e. The molecule has 0 fully saturated rings. The number of carbonyl (C=O) groups excluding carboxylic acids is 1. The topological polar surface area (TPSA) is 86.8 Å². The number of ether oxygens (including phenoxy) is 1. The van der Waals surface area contributed by atoms with Crippen LogP contribution in [0.25, 0.3) is 22.2 Å². The Morgan fingerprint density at radius 1 is 1.15 bits per heavy atom. The molecule has 0 N–H and O–H groups in total. The minimum atomic E-state index is -1.46. The number of fused-ring (bicyclic) bond motifs is 1. The molecule has 132 valence electrons. The number of rotatable bonds is 4. The molecule has 0 aliphatic rings. The lowest BCUT2D eigenvalue weighted by molar-refractivity contribution is 0.0971. The zero-order valence-electron chi connectivity index (χ0n) is 14.0. The van der Waals surface area contributed by atoms with Crippen LogP contribution in [-0.4, -0.2) is 17.9 Å². The number of halogens is 2. The van der Waals surface area contributed by atoms with Gasteiger partial charge in [-0.25, -0.2) is 13.8 Å². The van der Waals surface area contributed by atoms with Crippen molar-refractivity contribution in [2.45, 2.75) is 0 Å². The van der Waals surface area contributed by atoms with E-state index in [2.05, 4.69) is 4.98 Å². The van der Waals surface area contributed by atoms with E-state index in [1.165, 1.54) is 43.5 Å². The van der Waals surface area contributed by atoms with Crippen LogP contribution in [0.3, 0.4) is 0 Å². The number of Topliss-reactive ketones (excluding diaryl/α,β-unsaturated/α-hetero) is 1. The molecule has 0 amide bonds. The summed E-state index contributed by atoms with van der Waals surface area (Å²) >= 11 is 0. The second kappa shape index (κ2) is 7.19. The standard InChI is InChI=1S/C20H11F2N3O2/c1-27-20-14-7-6-11(19(26)12(9-23)10-24)8-16(14)25-18(17(20)22)13-4-2-3-5-15(13)21/h2-8,12H,1H3. The Bertz CT molecular complexity index is 1130. The summed E-state index contributed by atoms with van der Waals surface area (Å²) in [6, 6.07) is 12.9. The summed E-state index contributed by atoms with van der Waals surface area (Å²) in [6.07, 6.45) is 0. The van der Waals surface area contributed by atoms with Crippen molar-refractivity contribution >= 4 is 16.7 Å². The molecule has 0 aliphatic carbocycles. The van der Waals surface area contributed by atoms with Gasteiger partial charge >= 0.3 is 0 Å². The second-order valence-corrected chi connectivity index (χ2v) is 5.57. The molecule has 3 rings (SSSR count). The highest BCUT2D eigenvalue weighted by Gasteiger charge is 2.23. The number of benzene rings is 2. The Kier molecular flexibility index (Phi) is 4.78. The predicted octanol–water partition coefficient (Wildman–Crippen LogP) is 4.03. The van der Waals surface area contributed by atoms with E-state index >= 15 is 0 Å². The van der Waals surface area contributed by atoms with Gasteiger partial charge in [0.25, 0.3) is 0 Å². The SMILES string of the molecule is COc1c(F)c(-c2ccccc2F)nc2cc(C(=O)C(C#N)C#N)ccc12. The summed E-state index contributed by atoms with van der Waals surface area (Å²) in [6.45, 7) is 0. The number of nitrogens with zero attached hydrogens (tertiary/aromatic N) is 3. The Balaban J connectivity index is 2.27. The molecule has 0 saturated heterocycles. The van der Waals surface area contributed by atoms with Gasteiger partial charge in [0, 0.05) is 16.5 Å². The van der Waals surface area contributed by atoms with Crippen LogP contribution in [0, 0.1) is 40.2 Å². The van der Waals surface area contributed by atoms with Crippen LogP contribution in [0.5, 0.6) is 5.75 Å². The average Bonchev–Trinajstić information content (AvgIpc) is 2.68. The third kappa shape index (κ3) is 3.07. The first-order chi connectivity index (χ1) is 13.0. The fourth-order valence-electron chi connectivity index (χ4n) is 2.71. The molecule has 5 nitrogen and oxygen atoms in total. The fraction of sp³-hybridized carbons (Fsp3) is 0.100. The van der Waals surface area contributed by atoms with Crippen molar-refractivity contribution in [1.82, 2.24) is 4.98 Å². The van der Waals surface area contributed by atoms with Crippen molar-refractivity contribution in [2.24, 2.45) is 5.92 Å². The summed E-state index contributed by atoms with van der Waals surface area (Å²) in [5, 5.41) is 18.1. The highest BCUT2D eigenvalue weighted by Crippen LogP contribution is 2.35. The van der Waals surface area contributed by atoms with Crippen molar-refractivity contribution in [3.63, 3.8) is 0 Å². The van der Waals surface area contributed by atoms with Gasteiger partial charge in [0.1, 0.15) is 11.5 Å². The summed E-state index contributed by atoms with van der Waals surface area (Å²) in [4.78, 5) is 16.4. The van der Waals surface area contributed by atoms with Gasteiger partial charge in [0.15, 0.2) is 23.3 Å². The van der Waals surface area contributed by atoms with Gasteiger partial charge in [-0.15, -0.1) is 0 Å². The lowest BCUT2D eigenvalue weighted by Crippen LogP contribution is -2.11. The monoisotopic (exact) mass is 363 g/mol. The molecule has 0 unspecified atom stereocenters. The van der Waals surface area contributed by atoms with Crippen LogP contribution in [0.4, 0.5) is 8.78 Å². The van der Waals surface area contributed by atoms with Gasteiger partial charge in [0.05, 0.1) is 24.8 Å². The summed E-state index contributed by atoms with van der Waals surface area (Å²) in [5.41, 5.74) is -0.0822. The van der Waals surface area contributed by atoms with E-state index in [4.69, 9.17) is 15.3 Å². The van der Waals surface area contributed by atoms with Crippen LogP contribution < -0.4 is 4.74 Å². The number of carbonyl (C=O) groups is 1. The maximum Gasteiger partial charge on any atom is 0.195 e. The van der Waals surface area contributed by atoms with Crippen LogP contribution in [0.2, 0.25) is 0 Å². The molecule has 0 bridgehead atoms. The zero-order chi connectivity index (χ0) is 19.6. The van der Waals surface area contributed by atoms with Gasteiger partial charge in [-0.05, 0) is 24.3 Å². The first kappa shape index (κ1) is 18.0. The summed E-state index contributed by atoms with van der Waals surface area (Å²) in [7, 11) is 1.27. The number of hydrogen-bond donors (Lipinski definition) is 0. The molecule has 1 aromatic heterocycles. The fourth-order valence-corrected chi connectivity index (χ4v) is 2.71. The minimum absolute atomic E-state index is 0.0566. The molecule has 0 atom stereocenters. The van der Waals surface area contributed by atoms with Crippen molar-refractivity contribution in [3.8, 4) is 29.1 Å². The minimum Gasteiger partial charge on any atom is -0.493 e. The van der Waals surface area contributed by atoms with E-state index in [0.717, 1.165) is 0 Å². The quantitative estimate of drug-likeness (QED) is 0.653. The van der Waals surface area contributed by atoms with Gasteiger partial charge in [0.2, 0.25) is 0 Å². The predicted molar refractivity (Wildman–Crippen MR) is 92.7 cm³/mol. The molecular formula is C20H11F2N3O2.